The number of nitrogens with zero attached hydrogens (tertiary/aromatic N) is 2. The van der Waals surface area contributed by atoms with Gasteiger partial charge in [0, 0.05) is 33.1 Å². The molecule has 3 aromatic rings. The van der Waals surface area contributed by atoms with Gasteiger partial charge in [0.2, 0.25) is 4.77 Å². The maximum absolute atomic E-state index is 6.54. The van der Waals surface area contributed by atoms with E-state index in [2.05, 4.69) is 22.5 Å². The lowest BCUT2D eigenvalue weighted by atomic mass is 10.2. The molecule has 2 N–H and O–H groups in total. The van der Waals surface area contributed by atoms with Crippen LogP contribution in [0.1, 0.15) is 37.2 Å². The summed E-state index contributed by atoms with van der Waals surface area (Å²) in [5, 5.41) is 8.72. The number of hydrogen-bond donors (Lipinski definition) is 2. The zero-order valence-electron chi connectivity index (χ0n) is 17.2. The van der Waals surface area contributed by atoms with Gasteiger partial charge in [-0.1, -0.05) is 47.8 Å². The average Bonchev–Trinajstić information content (AvgIpc) is 3.07. The highest BCUT2D eigenvalue weighted by Crippen LogP contribution is 2.35. The highest BCUT2D eigenvalue weighted by atomic mass is 35.5. The molecular formula is C21H23Cl3N4O2S. The van der Waals surface area contributed by atoms with Crippen LogP contribution in [0.15, 0.2) is 30.3 Å². The van der Waals surface area contributed by atoms with Crippen LogP contribution < -0.4 is 14.9 Å². The summed E-state index contributed by atoms with van der Waals surface area (Å²) in [5.74, 6) is 1.97. The SMILES string of the molecule is CCCc1n[nH]c(=S)n1NCc1cc(OCC)c(OCc2ccc(Cl)cc2Cl)cc1Cl. The molecule has 0 aliphatic rings. The van der Waals surface area contributed by atoms with Crippen LogP contribution in [0.3, 0.4) is 0 Å². The first kappa shape index (κ1) is 23.7. The molecule has 0 unspecified atom stereocenters. The third kappa shape index (κ3) is 6.07. The van der Waals surface area contributed by atoms with E-state index in [4.69, 9.17) is 56.5 Å². The van der Waals surface area contributed by atoms with Crippen LogP contribution in [0.4, 0.5) is 0 Å². The molecule has 1 heterocycles. The van der Waals surface area contributed by atoms with Crippen molar-refractivity contribution in [1.29, 1.82) is 0 Å². The molecule has 0 radical (unpaired) electrons. The van der Waals surface area contributed by atoms with Crippen LogP contribution in [0.25, 0.3) is 0 Å². The van der Waals surface area contributed by atoms with Crippen LogP contribution >= 0.6 is 47.0 Å². The summed E-state index contributed by atoms with van der Waals surface area (Å²) < 4.78 is 14.0. The van der Waals surface area contributed by atoms with Gasteiger partial charge in [-0.2, -0.15) is 5.10 Å². The zero-order valence-corrected chi connectivity index (χ0v) is 20.3. The van der Waals surface area contributed by atoms with Gasteiger partial charge in [0.25, 0.3) is 0 Å². The predicted octanol–water partition coefficient (Wildman–Crippen LogP) is 6.57. The number of benzene rings is 2. The first-order valence-corrected chi connectivity index (χ1v) is 11.4. The molecule has 0 aliphatic heterocycles. The highest BCUT2D eigenvalue weighted by molar-refractivity contribution is 7.71. The molecule has 10 heteroatoms. The Morgan fingerprint density at radius 1 is 1.03 bits per heavy atom. The van der Waals surface area contributed by atoms with Crippen molar-refractivity contribution in [3.63, 3.8) is 0 Å². The third-order valence-electron chi connectivity index (χ3n) is 4.45. The van der Waals surface area contributed by atoms with Gasteiger partial charge in [0.05, 0.1) is 13.2 Å². The fourth-order valence-electron chi connectivity index (χ4n) is 2.94. The number of nitrogens with one attached hydrogen (secondary N) is 2. The smallest absolute Gasteiger partial charge is 0.214 e. The van der Waals surface area contributed by atoms with E-state index in [9.17, 15) is 0 Å². The molecule has 2 aromatic carbocycles. The molecule has 0 bridgehead atoms. The van der Waals surface area contributed by atoms with Crippen LogP contribution in [0.2, 0.25) is 15.1 Å². The summed E-state index contributed by atoms with van der Waals surface area (Å²) >= 11 is 24.0. The first-order chi connectivity index (χ1) is 14.9. The normalized spacial score (nSPS) is 10.9. The zero-order chi connectivity index (χ0) is 22.4. The lowest BCUT2D eigenvalue weighted by Gasteiger charge is -2.16. The molecule has 0 saturated carbocycles. The number of rotatable bonds is 10. The summed E-state index contributed by atoms with van der Waals surface area (Å²) in [4.78, 5) is 0. The van der Waals surface area contributed by atoms with Crippen molar-refractivity contribution >= 4 is 47.0 Å². The summed E-state index contributed by atoms with van der Waals surface area (Å²) in [6.07, 6.45) is 1.76. The second-order valence-electron chi connectivity index (χ2n) is 6.71. The Labute approximate surface area is 201 Å². The van der Waals surface area contributed by atoms with Crippen LogP contribution in [-0.4, -0.2) is 21.5 Å². The van der Waals surface area contributed by atoms with Crippen molar-refractivity contribution in [2.24, 2.45) is 0 Å². The standard InChI is InChI=1S/C21H23Cl3N4O2S/c1-3-5-20-26-27-21(31)28(20)25-11-14-8-18(29-4-2)19(10-17(14)24)30-12-13-6-7-15(22)9-16(13)23/h6-10,25H,3-5,11-12H2,1-2H3,(H,27,31). The van der Waals surface area contributed by atoms with E-state index < -0.39 is 0 Å². The molecule has 0 saturated heterocycles. The van der Waals surface area contributed by atoms with Crippen LogP contribution in [0, 0.1) is 4.77 Å². The van der Waals surface area contributed by atoms with Gasteiger partial charge in [0.15, 0.2) is 17.3 Å². The van der Waals surface area contributed by atoms with Crippen LogP contribution in [0.5, 0.6) is 11.5 Å². The number of aryl methyl sites for hydroxylation is 1. The molecule has 0 spiro atoms. The minimum Gasteiger partial charge on any atom is -0.490 e. The molecule has 0 amide bonds. The lowest BCUT2D eigenvalue weighted by molar-refractivity contribution is 0.269. The second-order valence-corrected chi connectivity index (χ2v) is 8.35. The Morgan fingerprint density at radius 2 is 1.77 bits per heavy atom. The number of hydrogen-bond acceptors (Lipinski definition) is 5. The summed E-state index contributed by atoms with van der Waals surface area (Å²) in [6.45, 7) is 5.18. The third-order valence-corrected chi connectivity index (χ3v) is 5.67. The van der Waals surface area contributed by atoms with Gasteiger partial charge in [-0.25, -0.2) is 4.68 Å². The maximum Gasteiger partial charge on any atom is 0.214 e. The number of aromatic nitrogens is 3. The summed E-state index contributed by atoms with van der Waals surface area (Å²) in [6, 6.07) is 8.88. The first-order valence-electron chi connectivity index (χ1n) is 9.85. The van der Waals surface area contributed by atoms with E-state index in [-0.39, 0.29) is 6.61 Å². The van der Waals surface area contributed by atoms with E-state index in [1.54, 1.807) is 22.9 Å². The second kappa shape index (κ2) is 11.1. The Morgan fingerprint density at radius 3 is 2.48 bits per heavy atom. The molecule has 3 rings (SSSR count). The molecule has 31 heavy (non-hydrogen) atoms. The maximum atomic E-state index is 6.54. The highest BCUT2D eigenvalue weighted by Gasteiger charge is 2.13. The van der Waals surface area contributed by atoms with Gasteiger partial charge < -0.3 is 14.9 Å². The minimum absolute atomic E-state index is 0.258. The van der Waals surface area contributed by atoms with E-state index in [0.29, 0.717) is 44.5 Å². The largest absolute Gasteiger partial charge is 0.490 e. The van der Waals surface area contributed by atoms with Crippen molar-refractivity contribution < 1.29 is 9.47 Å². The molecule has 0 aliphatic carbocycles. The molecule has 0 atom stereocenters. The average molecular weight is 502 g/mol. The van der Waals surface area contributed by atoms with Crippen molar-refractivity contribution in [3.05, 3.63) is 67.1 Å². The Hall–Kier alpha value is -1.93. The van der Waals surface area contributed by atoms with Crippen LogP contribution in [-0.2, 0) is 19.6 Å². The fourth-order valence-corrected chi connectivity index (χ4v) is 3.84. The van der Waals surface area contributed by atoms with E-state index >= 15 is 0 Å². The van der Waals surface area contributed by atoms with E-state index in [1.807, 2.05) is 19.1 Å². The van der Waals surface area contributed by atoms with Crippen molar-refractivity contribution in [1.82, 2.24) is 14.9 Å². The topological polar surface area (TPSA) is 64.1 Å². The molecule has 1 aromatic heterocycles. The lowest BCUT2D eigenvalue weighted by Crippen LogP contribution is -2.18. The Kier molecular flexibility index (Phi) is 8.49. The van der Waals surface area contributed by atoms with Gasteiger partial charge >= 0.3 is 0 Å². The molecule has 0 fully saturated rings. The molecule has 6 nitrogen and oxygen atoms in total. The summed E-state index contributed by atoms with van der Waals surface area (Å²) in [5.41, 5.74) is 4.92. The van der Waals surface area contributed by atoms with Gasteiger partial charge in [-0.15, -0.1) is 0 Å². The molecular weight excluding hydrogens is 479 g/mol. The monoisotopic (exact) mass is 500 g/mol. The van der Waals surface area contributed by atoms with Gasteiger partial charge in [0.1, 0.15) is 6.61 Å². The van der Waals surface area contributed by atoms with E-state index in [1.165, 1.54) is 0 Å². The number of halogens is 3. The predicted molar refractivity (Wildman–Crippen MR) is 128 cm³/mol. The quantitative estimate of drug-likeness (QED) is 0.307. The minimum atomic E-state index is 0.258. The number of aromatic amines is 1. The number of H-pyrrole nitrogens is 1. The van der Waals surface area contributed by atoms with Crippen molar-refractivity contribution in [3.8, 4) is 11.5 Å². The molecule has 166 valence electrons. The Balaban J connectivity index is 1.78. The van der Waals surface area contributed by atoms with Gasteiger partial charge in [-0.3, -0.25) is 5.10 Å². The van der Waals surface area contributed by atoms with Crippen molar-refractivity contribution in [2.45, 2.75) is 39.8 Å². The summed E-state index contributed by atoms with van der Waals surface area (Å²) in [7, 11) is 0. The Bertz CT molecular complexity index is 1100. The van der Waals surface area contributed by atoms with Gasteiger partial charge in [-0.05, 0) is 49.3 Å². The van der Waals surface area contributed by atoms with E-state index in [0.717, 1.165) is 29.8 Å². The number of ether oxygens (including phenoxy) is 2. The van der Waals surface area contributed by atoms with Crippen molar-refractivity contribution in [2.75, 3.05) is 12.0 Å². The fraction of sp³-hybridized carbons (Fsp3) is 0.333.